The molecule has 0 spiro atoms. The van der Waals surface area contributed by atoms with Crippen LogP contribution >= 0.6 is 0 Å². The number of anilines is 1. The molecular weight excluding hydrogens is 348 g/mol. The van der Waals surface area contributed by atoms with Crippen molar-refractivity contribution in [2.45, 2.75) is 27.2 Å². The van der Waals surface area contributed by atoms with Gasteiger partial charge in [-0.15, -0.1) is 0 Å². The highest BCUT2D eigenvalue weighted by atomic mass is 16.2. The lowest BCUT2D eigenvalue weighted by atomic mass is 10.0. The number of piperazine rings is 1. The van der Waals surface area contributed by atoms with Crippen molar-refractivity contribution < 1.29 is 4.79 Å². The van der Waals surface area contributed by atoms with Crippen LogP contribution in [0, 0.1) is 20.8 Å². The van der Waals surface area contributed by atoms with Crippen molar-refractivity contribution in [2.24, 2.45) is 5.10 Å². The molecule has 5 heteroatoms. The first-order valence-electron chi connectivity index (χ1n) is 9.95. The van der Waals surface area contributed by atoms with Gasteiger partial charge in [-0.3, -0.25) is 9.69 Å². The maximum absolute atomic E-state index is 12.1. The molecular formula is C23H30N4O. The van der Waals surface area contributed by atoms with Crippen LogP contribution in [0.3, 0.4) is 0 Å². The van der Waals surface area contributed by atoms with Crippen LogP contribution in [0.5, 0.6) is 0 Å². The molecule has 1 fully saturated rings. The second-order valence-corrected chi connectivity index (χ2v) is 7.52. The smallest absolute Gasteiger partial charge is 0.241 e. The first-order valence-corrected chi connectivity index (χ1v) is 9.95. The van der Waals surface area contributed by atoms with Gasteiger partial charge >= 0.3 is 0 Å². The van der Waals surface area contributed by atoms with Crippen LogP contribution in [-0.2, 0) is 4.79 Å². The summed E-state index contributed by atoms with van der Waals surface area (Å²) < 4.78 is 0. The maximum atomic E-state index is 12.1. The van der Waals surface area contributed by atoms with E-state index in [4.69, 9.17) is 0 Å². The highest BCUT2D eigenvalue weighted by molar-refractivity contribution is 5.85. The van der Waals surface area contributed by atoms with Crippen molar-refractivity contribution >= 4 is 17.8 Å². The molecule has 0 aromatic heterocycles. The average molecular weight is 379 g/mol. The average Bonchev–Trinajstić information content (AvgIpc) is 2.69. The van der Waals surface area contributed by atoms with E-state index in [2.05, 4.69) is 77.5 Å². The Hall–Kier alpha value is -2.66. The van der Waals surface area contributed by atoms with Crippen molar-refractivity contribution in [3.8, 4) is 0 Å². The minimum Gasteiger partial charge on any atom is -0.369 e. The van der Waals surface area contributed by atoms with Gasteiger partial charge in [-0.1, -0.05) is 35.9 Å². The number of hydrazone groups is 1. The molecule has 0 bridgehead atoms. The van der Waals surface area contributed by atoms with Gasteiger partial charge in [0.2, 0.25) is 5.91 Å². The first-order chi connectivity index (χ1) is 13.5. The quantitative estimate of drug-likeness (QED) is 0.620. The molecule has 1 aliphatic heterocycles. The summed E-state index contributed by atoms with van der Waals surface area (Å²) in [5.74, 6) is -0.0378. The van der Waals surface area contributed by atoms with E-state index in [1.807, 2.05) is 6.07 Å². The second-order valence-electron chi connectivity index (χ2n) is 7.52. The molecule has 28 heavy (non-hydrogen) atoms. The fourth-order valence-electron chi connectivity index (χ4n) is 3.75. The molecule has 1 heterocycles. The molecule has 148 valence electrons. The number of benzene rings is 2. The number of nitrogens with zero attached hydrogens (tertiary/aromatic N) is 3. The fourth-order valence-corrected chi connectivity index (χ4v) is 3.75. The SMILES string of the molecule is Cc1cc(C)c(/C=N\NC(=O)CCN2CCN(c3ccccc3)CC2)c(C)c1. The van der Waals surface area contributed by atoms with Gasteiger partial charge in [-0.25, -0.2) is 5.43 Å². The van der Waals surface area contributed by atoms with Gasteiger partial charge in [0, 0.05) is 50.4 Å². The highest BCUT2D eigenvalue weighted by Gasteiger charge is 2.17. The zero-order chi connectivity index (χ0) is 19.9. The van der Waals surface area contributed by atoms with Crippen LogP contribution in [0.1, 0.15) is 28.7 Å². The minimum absolute atomic E-state index is 0.0378. The van der Waals surface area contributed by atoms with Crippen LogP contribution in [-0.4, -0.2) is 49.7 Å². The molecule has 0 atom stereocenters. The summed E-state index contributed by atoms with van der Waals surface area (Å²) in [5, 5.41) is 4.16. The lowest BCUT2D eigenvalue weighted by Gasteiger charge is -2.36. The third-order valence-electron chi connectivity index (χ3n) is 5.27. The maximum Gasteiger partial charge on any atom is 0.241 e. The predicted octanol–water partition coefficient (Wildman–Crippen LogP) is 3.27. The number of para-hydroxylation sites is 1. The molecule has 2 aromatic rings. The topological polar surface area (TPSA) is 47.9 Å². The number of carbonyl (C=O) groups is 1. The van der Waals surface area contributed by atoms with Crippen LogP contribution in [0.15, 0.2) is 47.6 Å². The third kappa shape index (κ3) is 5.42. The number of rotatable bonds is 6. The summed E-state index contributed by atoms with van der Waals surface area (Å²) in [4.78, 5) is 16.9. The van der Waals surface area contributed by atoms with Gasteiger partial charge in [0.25, 0.3) is 0 Å². The van der Waals surface area contributed by atoms with Crippen LogP contribution < -0.4 is 10.3 Å². The van der Waals surface area contributed by atoms with Crippen molar-refractivity contribution in [2.75, 3.05) is 37.6 Å². The number of nitrogens with one attached hydrogen (secondary N) is 1. The Kier molecular flexibility index (Phi) is 6.82. The second kappa shape index (κ2) is 9.51. The molecule has 5 nitrogen and oxygen atoms in total. The molecule has 0 unspecified atom stereocenters. The molecule has 1 amide bonds. The molecule has 3 rings (SSSR count). The zero-order valence-electron chi connectivity index (χ0n) is 17.1. The van der Waals surface area contributed by atoms with Crippen molar-refractivity contribution in [1.29, 1.82) is 0 Å². The number of amides is 1. The first kappa shape index (κ1) is 20.1. The van der Waals surface area contributed by atoms with Crippen LogP contribution in [0.4, 0.5) is 5.69 Å². The van der Waals surface area contributed by atoms with Gasteiger partial charge < -0.3 is 4.90 Å². The van der Waals surface area contributed by atoms with Crippen LogP contribution in [0.25, 0.3) is 0 Å². The summed E-state index contributed by atoms with van der Waals surface area (Å²) in [7, 11) is 0. The molecule has 2 aromatic carbocycles. The van der Waals surface area contributed by atoms with Gasteiger partial charge in [-0.05, 0) is 44.0 Å². The molecule has 1 N–H and O–H groups in total. The van der Waals surface area contributed by atoms with E-state index in [1.54, 1.807) is 6.21 Å². The monoisotopic (exact) mass is 378 g/mol. The van der Waals surface area contributed by atoms with E-state index >= 15 is 0 Å². The minimum atomic E-state index is -0.0378. The lowest BCUT2D eigenvalue weighted by molar-refractivity contribution is -0.121. The Balaban J connectivity index is 1.41. The van der Waals surface area contributed by atoms with Gasteiger partial charge in [0.15, 0.2) is 0 Å². The van der Waals surface area contributed by atoms with Gasteiger partial charge in [-0.2, -0.15) is 5.10 Å². The largest absolute Gasteiger partial charge is 0.369 e. The number of carbonyl (C=O) groups excluding carboxylic acids is 1. The summed E-state index contributed by atoms with van der Waals surface area (Å²) in [6, 6.07) is 14.8. The molecule has 0 saturated carbocycles. The van der Waals surface area contributed by atoms with E-state index in [0.29, 0.717) is 6.42 Å². The van der Waals surface area contributed by atoms with Gasteiger partial charge in [0.05, 0.1) is 6.21 Å². The zero-order valence-corrected chi connectivity index (χ0v) is 17.1. The molecule has 1 aliphatic rings. The summed E-state index contributed by atoms with van der Waals surface area (Å²) in [6.07, 6.45) is 2.22. The standard InChI is InChI=1S/C23H30N4O/c1-18-15-19(2)22(20(3)16-18)17-24-25-23(28)9-10-26-11-13-27(14-12-26)21-7-5-4-6-8-21/h4-8,15-17H,9-14H2,1-3H3,(H,25,28)/b24-17-. The fraction of sp³-hybridized carbons (Fsp3) is 0.391. The summed E-state index contributed by atoms with van der Waals surface area (Å²) in [6.45, 7) is 10.9. The predicted molar refractivity (Wildman–Crippen MR) is 116 cm³/mol. The Morgan fingerprint density at radius 1 is 1.04 bits per heavy atom. The Bertz CT molecular complexity index is 801. The van der Waals surface area contributed by atoms with E-state index in [0.717, 1.165) is 38.3 Å². The van der Waals surface area contributed by atoms with Crippen molar-refractivity contribution in [3.05, 3.63) is 64.7 Å². The highest BCUT2D eigenvalue weighted by Crippen LogP contribution is 2.16. The Morgan fingerprint density at radius 3 is 2.32 bits per heavy atom. The number of hydrogen-bond acceptors (Lipinski definition) is 4. The van der Waals surface area contributed by atoms with Crippen molar-refractivity contribution in [3.63, 3.8) is 0 Å². The summed E-state index contributed by atoms with van der Waals surface area (Å²) in [5.41, 5.74) is 8.60. The van der Waals surface area contributed by atoms with E-state index < -0.39 is 0 Å². The number of hydrogen-bond donors (Lipinski definition) is 1. The van der Waals surface area contributed by atoms with E-state index in [-0.39, 0.29) is 5.91 Å². The molecule has 0 aliphatic carbocycles. The Morgan fingerprint density at radius 2 is 1.68 bits per heavy atom. The molecule has 1 saturated heterocycles. The van der Waals surface area contributed by atoms with Gasteiger partial charge in [0.1, 0.15) is 0 Å². The summed E-state index contributed by atoms with van der Waals surface area (Å²) >= 11 is 0. The van der Waals surface area contributed by atoms with E-state index in [9.17, 15) is 4.79 Å². The molecule has 0 radical (unpaired) electrons. The van der Waals surface area contributed by atoms with Crippen molar-refractivity contribution in [1.82, 2.24) is 10.3 Å². The third-order valence-corrected chi connectivity index (χ3v) is 5.27. The number of aryl methyl sites for hydroxylation is 3. The Labute approximate surface area is 168 Å². The lowest BCUT2D eigenvalue weighted by Crippen LogP contribution is -2.47. The van der Waals surface area contributed by atoms with E-state index in [1.165, 1.54) is 22.4 Å². The normalized spacial score (nSPS) is 15.2. The van der Waals surface area contributed by atoms with Crippen LogP contribution in [0.2, 0.25) is 0 Å².